The zero-order valence-electron chi connectivity index (χ0n) is 14.8. The number of aromatic nitrogens is 2. The Balaban J connectivity index is 0.00000364. The quantitative estimate of drug-likeness (QED) is 0.239. The van der Waals surface area contributed by atoms with Crippen molar-refractivity contribution >= 4 is 35.8 Å². The van der Waals surface area contributed by atoms with Gasteiger partial charge < -0.3 is 16.0 Å². The van der Waals surface area contributed by atoms with Gasteiger partial charge in [-0.2, -0.15) is 13.2 Å². The fourth-order valence-electron chi connectivity index (χ4n) is 2.21. The van der Waals surface area contributed by atoms with E-state index in [0.29, 0.717) is 19.0 Å². The summed E-state index contributed by atoms with van der Waals surface area (Å²) < 4.78 is 38.7. The average Bonchev–Trinajstić information content (AvgIpc) is 2.64. The molecule has 0 aliphatic heterocycles. The Morgan fingerprint density at radius 1 is 1.00 bits per heavy atom. The van der Waals surface area contributed by atoms with Crippen molar-refractivity contribution in [2.24, 2.45) is 4.99 Å². The molecular formula is C17H22F3IN6. The van der Waals surface area contributed by atoms with E-state index in [1.165, 1.54) is 12.3 Å². The molecule has 0 aliphatic rings. The Hall–Kier alpha value is -2.11. The molecule has 0 saturated carbocycles. The third-order valence-corrected chi connectivity index (χ3v) is 3.45. The Kier molecular flexibility index (Phi) is 9.83. The molecule has 0 unspecified atom stereocenters. The molecule has 0 spiro atoms. The molecule has 27 heavy (non-hydrogen) atoms. The smallest absolute Gasteiger partial charge is 0.368 e. The van der Waals surface area contributed by atoms with Gasteiger partial charge in [0, 0.05) is 51.2 Å². The van der Waals surface area contributed by atoms with Crippen molar-refractivity contribution < 1.29 is 13.2 Å². The third-order valence-electron chi connectivity index (χ3n) is 3.45. The first-order valence-electron chi connectivity index (χ1n) is 8.11. The van der Waals surface area contributed by atoms with Gasteiger partial charge in [0.05, 0.1) is 5.56 Å². The molecule has 2 aromatic heterocycles. The summed E-state index contributed by atoms with van der Waals surface area (Å²) in [6.07, 6.45) is -0.639. The zero-order chi connectivity index (χ0) is 18.8. The monoisotopic (exact) mass is 494 g/mol. The first-order valence-corrected chi connectivity index (χ1v) is 8.11. The van der Waals surface area contributed by atoms with E-state index in [-0.39, 0.29) is 36.3 Å². The lowest BCUT2D eigenvalue weighted by molar-refractivity contribution is -0.137. The molecule has 0 atom stereocenters. The van der Waals surface area contributed by atoms with Crippen LogP contribution < -0.4 is 16.0 Å². The second-order valence-corrected chi connectivity index (χ2v) is 5.32. The predicted molar refractivity (Wildman–Crippen MR) is 110 cm³/mol. The predicted octanol–water partition coefficient (Wildman–Crippen LogP) is 2.93. The fraction of sp³-hybridized carbons (Fsp3) is 0.353. The van der Waals surface area contributed by atoms with Crippen LogP contribution in [0.1, 0.15) is 11.3 Å². The highest BCUT2D eigenvalue weighted by atomic mass is 127. The minimum Gasteiger partial charge on any atom is -0.368 e. The molecule has 0 aliphatic carbocycles. The number of pyridine rings is 2. The molecule has 10 heteroatoms. The van der Waals surface area contributed by atoms with Gasteiger partial charge in [-0.3, -0.25) is 9.98 Å². The summed E-state index contributed by atoms with van der Waals surface area (Å²) in [5.41, 5.74) is 0.185. The topological polar surface area (TPSA) is 74.2 Å². The first kappa shape index (κ1) is 22.9. The van der Waals surface area contributed by atoms with Gasteiger partial charge in [0.15, 0.2) is 5.96 Å². The minimum absolute atomic E-state index is 0. The van der Waals surface area contributed by atoms with E-state index in [1.54, 1.807) is 13.2 Å². The number of aliphatic imine (C=N–C) groups is 1. The maximum absolute atomic E-state index is 12.9. The van der Waals surface area contributed by atoms with E-state index >= 15 is 0 Å². The Morgan fingerprint density at radius 2 is 1.74 bits per heavy atom. The van der Waals surface area contributed by atoms with Crippen LogP contribution in [0.4, 0.5) is 19.0 Å². The molecule has 2 aromatic rings. The molecule has 148 valence electrons. The number of hydrogen-bond donors (Lipinski definition) is 3. The van der Waals surface area contributed by atoms with Crippen molar-refractivity contribution in [2.75, 3.05) is 32.0 Å². The summed E-state index contributed by atoms with van der Waals surface area (Å²) in [4.78, 5) is 12.1. The third kappa shape index (κ3) is 7.97. The van der Waals surface area contributed by atoms with Gasteiger partial charge in [-0.25, -0.2) is 4.98 Å². The lowest BCUT2D eigenvalue weighted by Crippen LogP contribution is -2.40. The summed E-state index contributed by atoms with van der Waals surface area (Å²) in [5.74, 6) is 0.389. The van der Waals surface area contributed by atoms with Crippen molar-refractivity contribution in [1.29, 1.82) is 0 Å². The number of nitrogens with zero attached hydrogens (tertiary/aromatic N) is 3. The van der Waals surface area contributed by atoms with Crippen LogP contribution in [0.15, 0.2) is 47.7 Å². The van der Waals surface area contributed by atoms with Crippen molar-refractivity contribution in [1.82, 2.24) is 20.6 Å². The van der Waals surface area contributed by atoms with Crippen LogP contribution in [0.5, 0.6) is 0 Å². The van der Waals surface area contributed by atoms with E-state index in [9.17, 15) is 13.2 Å². The summed E-state index contributed by atoms with van der Waals surface area (Å²) in [6, 6.07) is 7.98. The number of guanidine groups is 1. The first-order chi connectivity index (χ1) is 12.5. The van der Waals surface area contributed by atoms with E-state index < -0.39 is 11.7 Å². The van der Waals surface area contributed by atoms with E-state index in [1.807, 2.05) is 18.2 Å². The molecular weight excluding hydrogens is 472 g/mol. The molecule has 2 rings (SSSR count). The number of alkyl halides is 3. The van der Waals surface area contributed by atoms with E-state index in [4.69, 9.17) is 0 Å². The van der Waals surface area contributed by atoms with Gasteiger partial charge >= 0.3 is 6.18 Å². The lowest BCUT2D eigenvalue weighted by atomic mass is 10.2. The van der Waals surface area contributed by atoms with Crippen LogP contribution in [0, 0.1) is 0 Å². The number of anilines is 1. The van der Waals surface area contributed by atoms with Crippen LogP contribution in [0.25, 0.3) is 0 Å². The lowest BCUT2D eigenvalue weighted by Gasteiger charge is -2.15. The fourth-order valence-corrected chi connectivity index (χ4v) is 2.21. The zero-order valence-corrected chi connectivity index (χ0v) is 17.1. The number of nitrogens with one attached hydrogen (secondary N) is 3. The molecule has 0 saturated heterocycles. The van der Waals surface area contributed by atoms with Crippen LogP contribution in [0.2, 0.25) is 0 Å². The Labute approximate surface area is 173 Å². The van der Waals surface area contributed by atoms with Gasteiger partial charge in [-0.05, 0) is 24.3 Å². The molecule has 2 heterocycles. The second-order valence-electron chi connectivity index (χ2n) is 5.32. The van der Waals surface area contributed by atoms with E-state index in [2.05, 4.69) is 30.9 Å². The van der Waals surface area contributed by atoms with Crippen molar-refractivity contribution in [3.8, 4) is 0 Å². The van der Waals surface area contributed by atoms with Gasteiger partial charge in [0.1, 0.15) is 5.82 Å². The van der Waals surface area contributed by atoms with Crippen LogP contribution in [0.3, 0.4) is 0 Å². The molecule has 6 nitrogen and oxygen atoms in total. The second kappa shape index (κ2) is 11.6. The Bertz CT molecular complexity index is 709. The summed E-state index contributed by atoms with van der Waals surface area (Å²) in [5, 5.41) is 8.85. The molecule has 0 fully saturated rings. The number of hydrogen-bond acceptors (Lipinski definition) is 4. The van der Waals surface area contributed by atoms with Crippen molar-refractivity contribution in [3.63, 3.8) is 0 Å². The molecule has 3 N–H and O–H groups in total. The largest absolute Gasteiger partial charge is 0.419 e. The number of rotatable bonds is 7. The normalized spacial score (nSPS) is 11.5. The maximum atomic E-state index is 12.9. The van der Waals surface area contributed by atoms with Crippen LogP contribution in [-0.4, -0.2) is 42.6 Å². The highest BCUT2D eigenvalue weighted by Crippen LogP contribution is 2.33. The van der Waals surface area contributed by atoms with Gasteiger partial charge in [-0.1, -0.05) is 6.07 Å². The van der Waals surface area contributed by atoms with Crippen LogP contribution >= 0.6 is 24.0 Å². The van der Waals surface area contributed by atoms with Gasteiger partial charge in [0.25, 0.3) is 0 Å². The highest BCUT2D eigenvalue weighted by Gasteiger charge is 2.33. The SMILES string of the molecule is CN=C(NCCNc1ncccc1C(F)(F)F)NCCc1ccccn1.I. The minimum atomic E-state index is -4.44. The van der Waals surface area contributed by atoms with Crippen LogP contribution in [-0.2, 0) is 12.6 Å². The van der Waals surface area contributed by atoms with Gasteiger partial charge in [-0.15, -0.1) is 24.0 Å². The molecule has 0 aromatic carbocycles. The highest BCUT2D eigenvalue weighted by molar-refractivity contribution is 14.0. The summed E-state index contributed by atoms with van der Waals surface area (Å²) >= 11 is 0. The van der Waals surface area contributed by atoms with Crippen molar-refractivity contribution in [3.05, 3.63) is 54.0 Å². The molecule has 0 amide bonds. The van der Waals surface area contributed by atoms with Gasteiger partial charge in [0.2, 0.25) is 0 Å². The summed E-state index contributed by atoms with van der Waals surface area (Å²) in [6.45, 7) is 1.29. The van der Waals surface area contributed by atoms with Crippen molar-refractivity contribution in [2.45, 2.75) is 12.6 Å². The number of halogens is 4. The molecule has 0 radical (unpaired) electrons. The van der Waals surface area contributed by atoms with E-state index in [0.717, 1.165) is 18.2 Å². The molecule has 0 bridgehead atoms. The maximum Gasteiger partial charge on any atom is 0.419 e. The Morgan fingerprint density at radius 3 is 2.41 bits per heavy atom. The average molecular weight is 494 g/mol. The summed E-state index contributed by atoms with van der Waals surface area (Å²) in [7, 11) is 1.63. The standard InChI is InChI=1S/C17H21F3N6.HI/c1-21-16(25-10-7-13-5-2-3-8-22-13)26-12-11-24-15-14(17(18,19)20)6-4-9-23-15;/h2-6,8-9H,7,10-12H2,1H3,(H,23,24)(H2,21,25,26);1H.